The molecular weight excluding hydrogens is 200 g/mol. The first-order chi connectivity index (χ1) is 6.87. The molecule has 0 aromatic rings. The first-order valence-electron chi connectivity index (χ1n) is 4.28. The van der Waals surface area contributed by atoms with Crippen LogP contribution < -0.4 is 0 Å². The smallest absolute Gasteiger partial charge is 0.336 e. The van der Waals surface area contributed by atoms with Crippen LogP contribution in [0.2, 0.25) is 0 Å². The average molecular weight is 212 g/mol. The Morgan fingerprint density at radius 2 is 2.33 bits per heavy atom. The lowest BCUT2D eigenvalue weighted by molar-refractivity contribution is -0.187. The van der Waals surface area contributed by atoms with Gasteiger partial charge >= 0.3 is 5.97 Å². The van der Waals surface area contributed by atoms with Crippen LogP contribution in [-0.2, 0) is 19.1 Å². The highest BCUT2D eigenvalue weighted by Crippen LogP contribution is 2.22. The van der Waals surface area contributed by atoms with Gasteiger partial charge in [0.1, 0.15) is 0 Å². The minimum absolute atomic E-state index is 0.132. The first kappa shape index (κ1) is 11.6. The van der Waals surface area contributed by atoms with Gasteiger partial charge in [0, 0.05) is 0 Å². The van der Waals surface area contributed by atoms with E-state index < -0.39 is 23.6 Å². The minimum atomic E-state index is -1.57. The molecule has 1 rings (SSSR count). The van der Waals surface area contributed by atoms with Crippen molar-refractivity contribution in [2.24, 2.45) is 0 Å². The fraction of sp³-hybridized carbons (Fsp3) is 0.400. The second-order valence-corrected chi connectivity index (χ2v) is 3.31. The van der Waals surface area contributed by atoms with E-state index in [-0.39, 0.29) is 5.57 Å². The molecule has 5 nitrogen and oxygen atoms in total. The van der Waals surface area contributed by atoms with E-state index in [1.54, 1.807) is 0 Å². The van der Waals surface area contributed by atoms with Crippen molar-refractivity contribution in [1.29, 1.82) is 0 Å². The first-order valence-corrected chi connectivity index (χ1v) is 4.28. The van der Waals surface area contributed by atoms with Crippen molar-refractivity contribution in [3.63, 3.8) is 0 Å². The van der Waals surface area contributed by atoms with Gasteiger partial charge in [-0.25, -0.2) is 4.79 Å². The van der Waals surface area contributed by atoms with Gasteiger partial charge in [0.05, 0.1) is 12.7 Å². The van der Waals surface area contributed by atoms with Crippen LogP contribution in [0.15, 0.2) is 24.3 Å². The zero-order valence-corrected chi connectivity index (χ0v) is 8.52. The van der Waals surface area contributed by atoms with Crippen molar-refractivity contribution in [3.05, 3.63) is 24.3 Å². The van der Waals surface area contributed by atoms with Gasteiger partial charge in [-0.3, -0.25) is 4.79 Å². The Bertz CT molecular complexity index is 340. The summed E-state index contributed by atoms with van der Waals surface area (Å²) >= 11 is 0. The molecule has 0 spiro atoms. The Kier molecular flexibility index (Phi) is 3.06. The summed E-state index contributed by atoms with van der Waals surface area (Å²) < 4.78 is 9.39. The molecule has 1 aliphatic heterocycles. The molecule has 2 atom stereocenters. The van der Waals surface area contributed by atoms with E-state index in [0.29, 0.717) is 0 Å². The second kappa shape index (κ2) is 3.96. The molecule has 82 valence electrons. The summed E-state index contributed by atoms with van der Waals surface area (Å²) in [5, 5.41) is 9.51. The third kappa shape index (κ3) is 2.51. The average Bonchev–Trinajstić information content (AvgIpc) is 2.19. The van der Waals surface area contributed by atoms with Crippen LogP contribution in [0.5, 0.6) is 0 Å². The van der Waals surface area contributed by atoms with E-state index in [2.05, 4.69) is 11.3 Å². The van der Waals surface area contributed by atoms with E-state index in [1.807, 2.05) is 0 Å². The fourth-order valence-electron chi connectivity index (χ4n) is 1.14. The number of methoxy groups -OCH3 is 1. The fourth-order valence-corrected chi connectivity index (χ4v) is 1.14. The number of ketones is 1. The van der Waals surface area contributed by atoms with Crippen molar-refractivity contribution >= 4 is 11.8 Å². The highest BCUT2D eigenvalue weighted by molar-refractivity contribution is 6.04. The lowest BCUT2D eigenvalue weighted by Gasteiger charge is -2.29. The summed E-state index contributed by atoms with van der Waals surface area (Å²) in [5.41, 5.74) is -0.132. The van der Waals surface area contributed by atoms with Gasteiger partial charge < -0.3 is 14.6 Å². The van der Waals surface area contributed by atoms with Crippen molar-refractivity contribution in [3.8, 4) is 0 Å². The molecule has 0 bridgehead atoms. The van der Waals surface area contributed by atoms with Crippen molar-refractivity contribution in [2.45, 2.75) is 18.8 Å². The second-order valence-electron chi connectivity index (χ2n) is 3.31. The largest absolute Gasteiger partial charge is 0.466 e. The van der Waals surface area contributed by atoms with Crippen LogP contribution in [0.1, 0.15) is 6.92 Å². The van der Waals surface area contributed by atoms with Gasteiger partial charge in [-0.15, -0.1) is 0 Å². The van der Waals surface area contributed by atoms with Crippen molar-refractivity contribution in [1.82, 2.24) is 0 Å². The molecular formula is C10H12O5. The Morgan fingerprint density at radius 1 is 1.73 bits per heavy atom. The van der Waals surface area contributed by atoms with Crippen LogP contribution in [0, 0.1) is 0 Å². The molecule has 1 N–H and O–H groups in total. The summed E-state index contributed by atoms with van der Waals surface area (Å²) in [4.78, 5) is 22.5. The highest BCUT2D eigenvalue weighted by Gasteiger charge is 2.35. The Hall–Kier alpha value is -1.46. The molecule has 15 heavy (non-hydrogen) atoms. The summed E-state index contributed by atoms with van der Waals surface area (Å²) in [7, 11) is 1.18. The third-order valence-corrected chi connectivity index (χ3v) is 1.94. The molecule has 5 heteroatoms. The third-order valence-electron chi connectivity index (χ3n) is 1.94. The molecule has 0 unspecified atom stereocenters. The van der Waals surface area contributed by atoms with E-state index in [9.17, 15) is 14.7 Å². The van der Waals surface area contributed by atoms with Gasteiger partial charge in [-0.1, -0.05) is 6.58 Å². The number of hydrogen-bond donors (Lipinski definition) is 1. The van der Waals surface area contributed by atoms with E-state index >= 15 is 0 Å². The lowest BCUT2D eigenvalue weighted by atomic mass is 10.0. The van der Waals surface area contributed by atoms with Crippen molar-refractivity contribution in [2.75, 3.05) is 7.11 Å². The number of rotatable bonds is 2. The maximum atomic E-state index is 11.4. The summed E-state index contributed by atoms with van der Waals surface area (Å²) in [6, 6.07) is 0. The van der Waals surface area contributed by atoms with Crippen LogP contribution >= 0.6 is 0 Å². The zero-order valence-electron chi connectivity index (χ0n) is 8.52. The molecule has 1 heterocycles. The van der Waals surface area contributed by atoms with Crippen LogP contribution in [0.3, 0.4) is 0 Å². The number of hydrogen-bond acceptors (Lipinski definition) is 5. The van der Waals surface area contributed by atoms with Crippen LogP contribution in [0.25, 0.3) is 0 Å². The monoisotopic (exact) mass is 212 g/mol. The van der Waals surface area contributed by atoms with Gasteiger partial charge in [-0.2, -0.15) is 0 Å². The normalized spacial score (nSPS) is 30.1. The van der Waals surface area contributed by atoms with E-state index in [0.717, 1.165) is 6.08 Å². The maximum Gasteiger partial charge on any atom is 0.336 e. The molecule has 0 saturated carbocycles. The van der Waals surface area contributed by atoms with E-state index in [4.69, 9.17) is 4.74 Å². The number of esters is 1. The molecule has 0 aromatic heterocycles. The molecule has 1 aliphatic rings. The van der Waals surface area contributed by atoms with Gasteiger partial charge in [0.2, 0.25) is 0 Å². The number of aliphatic hydroxyl groups is 1. The SMILES string of the molecule is C=C(C(=O)OC)[C@@H]1O[C@@](C)(O)C=CC1=O. The maximum absolute atomic E-state index is 11.4. The number of carbonyl (C=O) groups excluding carboxylic acids is 2. The summed E-state index contributed by atoms with van der Waals surface area (Å²) in [6.45, 7) is 4.75. The molecule has 0 fully saturated rings. The van der Waals surface area contributed by atoms with Gasteiger partial charge in [0.15, 0.2) is 17.7 Å². The van der Waals surface area contributed by atoms with Crippen LogP contribution in [-0.4, -0.2) is 35.9 Å². The predicted molar refractivity (Wildman–Crippen MR) is 50.8 cm³/mol. The van der Waals surface area contributed by atoms with Crippen LogP contribution in [0.4, 0.5) is 0 Å². The predicted octanol–water partition coefficient (Wildman–Crippen LogP) is -0.0518. The molecule has 0 aromatic carbocycles. The van der Waals surface area contributed by atoms with E-state index in [1.165, 1.54) is 20.1 Å². The molecule has 0 saturated heterocycles. The van der Waals surface area contributed by atoms with Gasteiger partial charge in [0.25, 0.3) is 0 Å². The lowest BCUT2D eigenvalue weighted by Crippen LogP contribution is -2.41. The van der Waals surface area contributed by atoms with Gasteiger partial charge in [-0.05, 0) is 19.1 Å². The molecule has 0 amide bonds. The van der Waals surface area contributed by atoms with Crippen molar-refractivity contribution < 1.29 is 24.2 Å². The standard InChI is InChI=1S/C10H12O5/c1-6(9(12)14-3)8-7(11)4-5-10(2,13)15-8/h4-5,8,13H,1H2,2-3H3/t8-,10+/m0/s1. The Labute approximate surface area is 87.0 Å². The zero-order chi connectivity index (χ0) is 11.6. The summed E-state index contributed by atoms with van der Waals surface area (Å²) in [5.74, 6) is -2.76. The number of ether oxygens (including phenoxy) is 2. The highest BCUT2D eigenvalue weighted by atomic mass is 16.6. The summed E-state index contributed by atoms with van der Waals surface area (Å²) in [6.07, 6.45) is 1.18. The topological polar surface area (TPSA) is 72.8 Å². The number of carbonyl (C=O) groups is 2. The molecule has 0 aliphatic carbocycles. The Balaban J connectivity index is 2.88. The quantitative estimate of drug-likeness (QED) is 0.513. The molecule has 0 radical (unpaired) electrons. The Morgan fingerprint density at radius 3 is 2.87 bits per heavy atom. The minimum Gasteiger partial charge on any atom is -0.466 e.